The van der Waals surface area contributed by atoms with E-state index in [0.717, 1.165) is 96.3 Å². The molecule has 0 heterocycles. The molecule has 0 aromatic rings. The van der Waals surface area contributed by atoms with Crippen molar-refractivity contribution in [3.05, 3.63) is 0 Å². The number of aliphatic hydroxyl groups is 1. The topological polar surface area (TPSA) is 237 Å². The number of hydrogen-bond donors (Lipinski definition) is 3. The largest absolute Gasteiger partial charge is 0.472 e. The number of unbranched alkanes of at least 4 members (excludes halogenated alkanes) is 53. The Labute approximate surface area is 613 Å². The second-order valence-electron chi connectivity index (χ2n) is 29.6. The first-order valence-corrected chi connectivity index (χ1v) is 45.1. The fourth-order valence-corrected chi connectivity index (χ4v) is 14.2. The van der Waals surface area contributed by atoms with Crippen LogP contribution in [-0.2, 0) is 65.4 Å². The monoisotopic (exact) mass is 1470 g/mol. The van der Waals surface area contributed by atoms with E-state index in [-0.39, 0.29) is 25.7 Å². The minimum atomic E-state index is -4.96. The summed E-state index contributed by atoms with van der Waals surface area (Å²) in [5.41, 5.74) is 0. The van der Waals surface area contributed by atoms with Gasteiger partial charge < -0.3 is 33.8 Å². The van der Waals surface area contributed by atoms with Crippen molar-refractivity contribution in [2.45, 2.75) is 451 Å². The number of carbonyl (C=O) groups is 4. The first kappa shape index (κ1) is 98.1. The summed E-state index contributed by atoms with van der Waals surface area (Å²) in [5.74, 6) is -1.40. The molecule has 2 unspecified atom stereocenters. The van der Waals surface area contributed by atoms with Gasteiger partial charge in [0.25, 0.3) is 0 Å². The van der Waals surface area contributed by atoms with E-state index in [2.05, 4.69) is 34.6 Å². The number of hydrogen-bond acceptors (Lipinski definition) is 15. The minimum Gasteiger partial charge on any atom is -0.462 e. The van der Waals surface area contributed by atoms with Crippen molar-refractivity contribution < 1.29 is 80.2 Å². The Morgan fingerprint density at radius 3 is 0.680 bits per heavy atom. The number of carbonyl (C=O) groups excluding carboxylic acids is 4. The molecule has 19 heteroatoms. The highest BCUT2D eigenvalue weighted by atomic mass is 31.2. The molecule has 0 bridgehead atoms. The predicted octanol–water partition coefficient (Wildman–Crippen LogP) is 24.4. The van der Waals surface area contributed by atoms with Crippen LogP contribution in [0.3, 0.4) is 0 Å². The van der Waals surface area contributed by atoms with Crippen molar-refractivity contribution in [3.63, 3.8) is 0 Å². The van der Waals surface area contributed by atoms with Gasteiger partial charge >= 0.3 is 39.5 Å². The van der Waals surface area contributed by atoms with E-state index in [0.29, 0.717) is 31.6 Å². The van der Waals surface area contributed by atoms with Gasteiger partial charge in [0.2, 0.25) is 0 Å². The van der Waals surface area contributed by atoms with Gasteiger partial charge in [-0.25, -0.2) is 9.13 Å². The highest BCUT2D eigenvalue weighted by Gasteiger charge is 2.30. The molecule has 0 aromatic heterocycles. The molecular formula is C81H158O17P2. The lowest BCUT2D eigenvalue weighted by Crippen LogP contribution is -2.30. The summed E-state index contributed by atoms with van der Waals surface area (Å²) < 4.78 is 68.7. The van der Waals surface area contributed by atoms with Crippen molar-refractivity contribution in [1.29, 1.82) is 0 Å². The Hall–Kier alpha value is -1.94. The molecule has 0 spiro atoms. The lowest BCUT2D eigenvalue weighted by atomic mass is 10.0. The van der Waals surface area contributed by atoms with Crippen LogP contribution in [-0.4, -0.2) is 96.7 Å². The van der Waals surface area contributed by atoms with Crippen molar-refractivity contribution in [2.24, 2.45) is 5.92 Å². The maximum absolute atomic E-state index is 13.1. The SMILES string of the molecule is CCCCCCCCCCCCCCCCCCCCCC(=O)OC[C@H](COP(=O)(O)OC[C@@H](O)COP(=O)(O)OC[C@@H](COC(=O)CCCCCCCCCC(C)C)OC(=O)CCCCCCCCCCCCCC)OC(=O)CCCCCCCCCCCCCCCCCCCCC. The van der Waals surface area contributed by atoms with Crippen molar-refractivity contribution in [3.8, 4) is 0 Å². The third-order valence-corrected chi connectivity index (χ3v) is 20.9. The third kappa shape index (κ3) is 74.3. The molecule has 0 rings (SSSR count). The van der Waals surface area contributed by atoms with Gasteiger partial charge in [0.05, 0.1) is 26.4 Å². The molecule has 0 aliphatic rings. The van der Waals surface area contributed by atoms with E-state index in [1.807, 2.05) is 0 Å². The predicted molar refractivity (Wildman–Crippen MR) is 409 cm³/mol. The summed E-state index contributed by atoms with van der Waals surface area (Å²) in [5, 5.41) is 10.6. The maximum Gasteiger partial charge on any atom is 0.472 e. The van der Waals surface area contributed by atoms with Crippen molar-refractivity contribution in [1.82, 2.24) is 0 Å². The Morgan fingerprint density at radius 1 is 0.270 bits per heavy atom. The highest BCUT2D eigenvalue weighted by Crippen LogP contribution is 2.45. The number of rotatable bonds is 81. The smallest absolute Gasteiger partial charge is 0.462 e. The molecule has 17 nitrogen and oxygen atoms in total. The standard InChI is InChI=1S/C81H158O17P2/c1-6-9-12-15-18-21-24-27-29-31-33-35-37-39-42-44-49-54-59-64-78(83)91-70-76(97-81(86)67-62-57-51-46-43-40-38-36-34-32-30-28-25-22-19-16-13-10-7-2)72-95-99(87,88)93-68-75(82)69-94-100(89,90)96-73-77(71-92-79(84)65-60-55-52-47-48-53-58-63-74(4)5)98-80(85)66-61-56-50-45-41-26-23-20-17-14-11-8-3/h74-77,82H,6-73H2,1-5H3,(H,87,88)(H,89,90)/t75-,76-,77-/m1/s1. The number of esters is 4. The van der Waals surface area contributed by atoms with Crippen LogP contribution >= 0.6 is 15.6 Å². The van der Waals surface area contributed by atoms with Crippen LogP contribution < -0.4 is 0 Å². The van der Waals surface area contributed by atoms with E-state index >= 15 is 0 Å². The summed E-state index contributed by atoms with van der Waals surface area (Å²) in [7, 11) is -9.92. The Balaban J connectivity index is 5.21. The zero-order chi connectivity index (χ0) is 73.4. The average Bonchev–Trinajstić information content (AvgIpc) is 0.917. The zero-order valence-electron chi connectivity index (χ0n) is 65.3. The van der Waals surface area contributed by atoms with Crippen LogP contribution in [0.1, 0.15) is 433 Å². The van der Waals surface area contributed by atoms with Gasteiger partial charge in [-0.1, -0.05) is 381 Å². The van der Waals surface area contributed by atoms with E-state index in [1.54, 1.807) is 0 Å². The molecule has 0 aromatic carbocycles. The molecule has 0 saturated carbocycles. The number of ether oxygens (including phenoxy) is 4. The molecule has 594 valence electrons. The van der Waals surface area contributed by atoms with E-state index in [4.69, 9.17) is 37.0 Å². The van der Waals surface area contributed by atoms with Gasteiger partial charge in [-0.15, -0.1) is 0 Å². The van der Waals surface area contributed by atoms with E-state index < -0.39 is 97.5 Å². The van der Waals surface area contributed by atoms with Gasteiger partial charge in [-0.2, -0.15) is 0 Å². The Kier molecular flexibility index (Phi) is 72.5. The van der Waals surface area contributed by atoms with Crippen LogP contribution in [0.25, 0.3) is 0 Å². The minimum absolute atomic E-state index is 0.107. The molecule has 5 atom stereocenters. The quantitative estimate of drug-likeness (QED) is 0.0222. The summed E-state index contributed by atoms with van der Waals surface area (Å²) in [6.07, 6.45) is 65.4. The summed E-state index contributed by atoms with van der Waals surface area (Å²) >= 11 is 0. The summed E-state index contributed by atoms with van der Waals surface area (Å²) in [6.45, 7) is 7.27. The Morgan fingerprint density at radius 2 is 0.460 bits per heavy atom. The molecule has 0 amide bonds. The van der Waals surface area contributed by atoms with Gasteiger partial charge in [0.1, 0.15) is 19.3 Å². The molecule has 3 N–H and O–H groups in total. The lowest BCUT2D eigenvalue weighted by molar-refractivity contribution is -0.161. The van der Waals surface area contributed by atoms with E-state index in [1.165, 1.54) is 250 Å². The van der Waals surface area contributed by atoms with Crippen LogP contribution in [0, 0.1) is 5.92 Å². The zero-order valence-corrected chi connectivity index (χ0v) is 67.1. The number of aliphatic hydroxyl groups excluding tert-OH is 1. The molecule has 0 fully saturated rings. The normalized spacial score (nSPS) is 13.8. The second kappa shape index (κ2) is 73.9. The van der Waals surface area contributed by atoms with Gasteiger partial charge in [-0.05, 0) is 31.6 Å². The highest BCUT2D eigenvalue weighted by molar-refractivity contribution is 7.47. The number of phosphoric ester groups is 2. The molecule has 0 saturated heterocycles. The van der Waals surface area contributed by atoms with Gasteiger partial charge in [-0.3, -0.25) is 37.3 Å². The van der Waals surface area contributed by atoms with Crippen LogP contribution in [0.5, 0.6) is 0 Å². The average molecular weight is 1470 g/mol. The summed E-state index contributed by atoms with van der Waals surface area (Å²) in [6, 6.07) is 0. The summed E-state index contributed by atoms with van der Waals surface area (Å²) in [4.78, 5) is 73.0. The maximum atomic E-state index is 13.1. The van der Waals surface area contributed by atoms with E-state index in [9.17, 15) is 43.2 Å². The van der Waals surface area contributed by atoms with Crippen LogP contribution in [0.4, 0.5) is 0 Å². The van der Waals surface area contributed by atoms with Crippen LogP contribution in [0.15, 0.2) is 0 Å². The first-order chi connectivity index (χ1) is 48.5. The van der Waals surface area contributed by atoms with Gasteiger partial charge in [0.15, 0.2) is 12.2 Å². The molecule has 0 radical (unpaired) electrons. The first-order valence-electron chi connectivity index (χ1n) is 42.1. The fraction of sp³-hybridized carbons (Fsp3) is 0.951. The lowest BCUT2D eigenvalue weighted by Gasteiger charge is -2.21. The van der Waals surface area contributed by atoms with Crippen LogP contribution in [0.2, 0.25) is 0 Å². The molecule has 0 aliphatic carbocycles. The molecule has 100 heavy (non-hydrogen) atoms. The van der Waals surface area contributed by atoms with Crippen molar-refractivity contribution >= 4 is 39.5 Å². The second-order valence-corrected chi connectivity index (χ2v) is 32.5. The van der Waals surface area contributed by atoms with Gasteiger partial charge in [0, 0.05) is 25.7 Å². The number of phosphoric acid groups is 2. The molecular weight excluding hydrogens is 1310 g/mol. The third-order valence-electron chi connectivity index (χ3n) is 19.0. The Bertz CT molecular complexity index is 1910. The van der Waals surface area contributed by atoms with Crippen molar-refractivity contribution in [2.75, 3.05) is 39.6 Å². The fourth-order valence-electron chi connectivity index (χ4n) is 12.6. The molecule has 0 aliphatic heterocycles.